The molecule has 1 aromatic rings. The van der Waals surface area contributed by atoms with E-state index in [1.165, 1.54) is 11.3 Å². The SMILES string of the molecule is COc1c(N2CCC(N(C)C)CC2)sc(C#N)c1N. The molecule has 19 heavy (non-hydrogen) atoms. The van der Waals surface area contributed by atoms with Crippen molar-refractivity contribution in [2.24, 2.45) is 0 Å². The zero-order chi connectivity index (χ0) is 14.0. The highest BCUT2D eigenvalue weighted by atomic mass is 32.1. The molecule has 0 amide bonds. The van der Waals surface area contributed by atoms with Gasteiger partial charge in [-0.05, 0) is 26.9 Å². The number of hydrogen-bond acceptors (Lipinski definition) is 6. The maximum atomic E-state index is 9.06. The van der Waals surface area contributed by atoms with Crippen LogP contribution in [-0.2, 0) is 0 Å². The highest BCUT2D eigenvalue weighted by molar-refractivity contribution is 7.17. The molecule has 0 aliphatic carbocycles. The molecule has 1 aliphatic heterocycles. The van der Waals surface area contributed by atoms with Gasteiger partial charge in [-0.2, -0.15) is 5.26 Å². The van der Waals surface area contributed by atoms with Gasteiger partial charge in [0.05, 0.1) is 7.11 Å². The lowest BCUT2D eigenvalue weighted by molar-refractivity contribution is 0.249. The topological polar surface area (TPSA) is 65.5 Å². The Bertz CT molecular complexity index is 484. The molecule has 1 fully saturated rings. The summed E-state index contributed by atoms with van der Waals surface area (Å²) >= 11 is 1.43. The maximum Gasteiger partial charge on any atom is 0.177 e. The first kappa shape index (κ1) is 14.0. The van der Waals surface area contributed by atoms with Crippen LogP contribution in [0.5, 0.6) is 5.75 Å². The van der Waals surface area contributed by atoms with Gasteiger partial charge in [-0.15, -0.1) is 11.3 Å². The van der Waals surface area contributed by atoms with Crippen molar-refractivity contribution in [1.82, 2.24) is 4.90 Å². The predicted octanol–water partition coefficient (Wildman–Crippen LogP) is 1.74. The summed E-state index contributed by atoms with van der Waals surface area (Å²) in [6, 6.07) is 2.77. The number of nitriles is 1. The summed E-state index contributed by atoms with van der Waals surface area (Å²) in [7, 11) is 5.85. The van der Waals surface area contributed by atoms with Crippen molar-refractivity contribution in [3.63, 3.8) is 0 Å². The first-order valence-corrected chi connectivity index (χ1v) is 7.17. The van der Waals surface area contributed by atoms with Crippen LogP contribution >= 0.6 is 11.3 Å². The molecule has 104 valence electrons. The van der Waals surface area contributed by atoms with E-state index in [9.17, 15) is 0 Å². The van der Waals surface area contributed by atoms with Crippen molar-refractivity contribution in [3.8, 4) is 11.8 Å². The van der Waals surface area contributed by atoms with Crippen LogP contribution in [0.4, 0.5) is 10.7 Å². The monoisotopic (exact) mass is 280 g/mol. The second-order valence-electron chi connectivity index (χ2n) is 4.98. The van der Waals surface area contributed by atoms with Gasteiger partial charge in [-0.1, -0.05) is 0 Å². The minimum Gasteiger partial charge on any atom is -0.492 e. The number of hydrogen-bond donors (Lipinski definition) is 1. The molecule has 2 rings (SSSR count). The molecule has 2 heterocycles. The second-order valence-corrected chi connectivity index (χ2v) is 5.98. The molecule has 0 unspecified atom stereocenters. The number of ether oxygens (including phenoxy) is 1. The van der Waals surface area contributed by atoms with E-state index in [0.29, 0.717) is 22.4 Å². The van der Waals surface area contributed by atoms with Crippen molar-refractivity contribution in [1.29, 1.82) is 5.26 Å². The van der Waals surface area contributed by atoms with E-state index in [1.54, 1.807) is 7.11 Å². The number of piperidine rings is 1. The Morgan fingerprint density at radius 3 is 2.53 bits per heavy atom. The molecule has 1 saturated heterocycles. The quantitative estimate of drug-likeness (QED) is 0.913. The summed E-state index contributed by atoms with van der Waals surface area (Å²) in [5.74, 6) is 0.657. The summed E-state index contributed by atoms with van der Waals surface area (Å²) in [6.07, 6.45) is 2.24. The minimum absolute atomic E-state index is 0.472. The summed E-state index contributed by atoms with van der Waals surface area (Å²) in [5, 5.41) is 10.1. The highest BCUT2D eigenvalue weighted by Gasteiger charge is 2.26. The van der Waals surface area contributed by atoms with Gasteiger partial charge in [-0.3, -0.25) is 0 Å². The molecule has 0 atom stereocenters. The number of thiophene rings is 1. The van der Waals surface area contributed by atoms with Gasteiger partial charge in [0.2, 0.25) is 0 Å². The summed E-state index contributed by atoms with van der Waals surface area (Å²) in [5.41, 5.74) is 6.41. The lowest BCUT2D eigenvalue weighted by Gasteiger charge is -2.35. The average Bonchev–Trinajstić information content (AvgIpc) is 2.75. The number of methoxy groups -OCH3 is 1. The molecule has 2 N–H and O–H groups in total. The van der Waals surface area contributed by atoms with Gasteiger partial charge < -0.3 is 20.3 Å². The summed E-state index contributed by atoms with van der Waals surface area (Å²) in [4.78, 5) is 5.10. The molecule has 0 saturated carbocycles. The third kappa shape index (κ3) is 2.62. The summed E-state index contributed by atoms with van der Waals surface area (Å²) in [6.45, 7) is 1.95. The molecule has 1 aliphatic rings. The zero-order valence-corrected chi connectivity index (χ0v) is 12.5. The fourth-order valence-electron chi connectivity index (χ4n) is 2.49. The molecule has 6 heteroatoms. The van der Waals surface area contributed by atoms with Gasteiger partial charge in [0.25, 0.3) is 0 Å². The normalized spacial score (nSPS) is 16.7. The van der Waals surface area contributed by atoms with Crippen LogP contribution in [0.2, 0.25) is 0 Å². The van der Waals surface area contributed by atoms with Gasteiger partial charge in [0.1, 0.15) is 21.6 Å². The van der Waals surface area contributed by atoms with Crippen LogP contribution in [0.1, 0.15) is 17.7 Å². The number of nitrogen functional groups attached to an aromatic ring is 1. The Labute approximate surface area is 118 Å². The first-order valence-electron chi connectivity index (χ1n) is 6.36. The Morgan fingerprint density at radius 1 is 1.42 bits per heavy atom. The van der Waals surface area contributed by atoms with Gasteiger partial charge >= 0.3 is 0 Å². The molecule has 0 radical (unpaired) electrons. The van der Waals surface area contributed by atoms with Crippen LogP contribution in [0, 0.1) is 11.3 Å². The van der Waals surface area contributed by atoms with Crippen molar-refractivity contribution < 1.29 is 4.74 Å². The third-order valence-electron chi connectivity index (χ3n) is 3.67. The average molecular weight is 280 g/mol. The number of rotatable bonds is 3. The fourth-order valence-corrected chi connectivity index (χ4v) is 3.53. The predicted molar refractivity (Wildman–Crippen MR) is 78.9 cm³/mol. The van der Waals surface area contributed by atoms with Crippen molar-refractivity contribution >= 4 is 22.0 Å². The van der Waals surface area contributed by atoms with Crippen LogP contribution < -0.4 is 15.4 Å². The van der Waals surface area contributed by atoms with Crippen LogP contribution in [0.25, 0.3) is 0 Å². The number of nitrogens with two attached hydrogens (primary N) is 1. The Hall–Kier alpha value is -1.45. The highest BCUT2D eigenvalue weighted by Crippen LogP contribution is 2.45. The lowest BCUT2D eigenvalue weighted by atomic mass is 10.0. The van der Waals surface area contributed by atoms with Crippen LogP contribution in [0.15, 0.2) is 0 Å². The van der Waals surface area contributed by atoms with Crippen molar-refractivity contribution in [3.05, 3.63) is 4.88 Å². The molecular weight excluding hydrogens is 260 g/mol. The van der Waals surface area contributed by atoms with Crippen LogP contribution in [-0.4, -0.2) is 45.2 Å². The number of anilines is 2. The van der Waals surface area contributed by atoms with Crippen molar-refractivity contribution in [2.75, 3.05) is 44.9 Å². The minimum atomic E-state index is 0.472. The molecule has 1 aromatic heterocycles. The van der Waals surface area contributed by atoms with E-state index in [-0.39, 0.29) is 0 Å². The number of nitrogens with zero attached hydrogens (tertiary/aromatic N) is 3. The molecule has 5 nitrogen and oxygen atoms in total. The lowest BCUT2D eigenvalue weighted by Crippen LogP contribution is -2.41. The molecule has 0 spiro atoms. The molecule has 0 aromatic carbocycles. The third-order valence-corrected chi connectivity index (χ3v) is 4.82. The standard InChI is InChI=1S/C13H20N4OS/c1-16(2)9-4-6-17(7-5-9)13-12(18-3)11(15)10(8-14)19-13/h9H,4-7,15H2,1-3H3. The van der Waals surface area contributed by atoms with E-state index in [1.807, 2.05) is 0 Å². The van der Waals surface area contributed by atoms with Crippen LogP contribution in [0.3, 0.4) is 0 Å². The Morgan fingerprint density at radius 2 is 2.05 bits per heavy atom. The fraction of sp³-hybridized carbons (Fsp3) is 0.615. The van der Waals surface area contributed by atoms with E-state index >= 15 is 0 Å². The largest absolute Gasteiger partial charge is 0.492 e. The Kier molecular flexibility index (Phi) is 4.17. The Balaban J connectivity index is 2.18. The summed E-state index contributed by atoms with van der Waals surface area (Å²) < 4.78 is 5.37. The maximum absolute atomic E-state index is 9.06. The van der Waals surface area contributed by atoms with Crippen molar-refractivity contribution in [2.45, 2.75) is 18.9 Å². The van der Waals surface area contributed by atoms with Gasteiger partial charge in [-0.25, -0.2) is 0 Å². The van der Waals surface area contributed by atoms with Gasteiger partial charge in [0, 0.05) is 19.1 Å². The molecule has 0 bridgehead atoms. The molecular formula is C13H20N4OS. The zero-order valence-electron chi connectivity index (χ0n) is 11.6. The second kappa shape index (κ2) is 5.68. The smallest absolute Gasteiger partial charge is 0.177 e. The van der Waals surface area contributed by atoms with E-state index < -0.39 is 0 Å². The van der Waals surface area contributed by atoms with E-state index in [2.05, 4.69) is 30.0 Å². The van der Waals surface area contributed by atoms with E-state index in [0.717, 1.165) is 30.9 Å². The van der Waals surface area contributed by atoms with E-state index in [4.69, 9.17) is 15.7 Å². The van der Waals surface area contributed by atoms with Gasteiger partial charge in [0.15, 0.2) is 5.75 Å². The first-order chi connectivity index (χ1) is 9.08.